The second-order valence-corrected chi connectivity index (χ2v) is 6.21. The van der Waals surface area contributed by atoms with Crippen LogP contribution in [0.2, 0.25) is 0 Å². The largest absolute Gasteiger partial charge is 0.496 e. The van der Waals surface area contributed by atoms with Crippen molar-refractivity contribution in [2.75, 3.05) is 7.11 Å². The molecule has 27 heavy (non-hydrogen) atoms. The second-order valence-electron chi connectivity index (χ2n) is 6.21. The van der Waals surface area contributed by atoms with Crippen LogP contribution in [0, 0.1) is 17.0 Å². The summed E-state index contributed by atoms with van der Waals surface area (Å²) < 4.78 is 11.1. The Kier molecular flexibility index (Phi) is 4.08. The maximum Gasteiger partial charge on any atom is 0.270 e. The highest BCUT2D eigenvalue weighted by molar-refractivity contribution is 5.83. The molecule has 1 heterocycles. The highest BCUT2D eigenvalue weighted by Crippen LogP contribution is 2.35. The highest BCUT2D eigenvalue weighted by atomic mass is 16.6. The molecule has 4 rings (SSSR count). The van der Waals surface area contributed by atoms with Crippen molar-refractivity contribution in [2.45, 2.75) is 6.92 Å². The van der Waals surface area contributed by atoms with Gasteiger partial charge < -0.3 is 9.15 Å². The fourth-order valence-corrected chi connectivity index (χ4v) is 2.94. The first-order valence-corrected chi connectivity index (χ1v) is 8.35. The molecule has 6 nitrogen and oxygen atoms in total. The molecule has 6 heteroatoms. The Bertz CT molecular complexity index is 1150. The topological polar surface area (TPSA) is 78.4 Å². The highest BCUT2D eigenvalue weighted by Gasteiger charge is 2.18. The van der Waals surface area contributed by atoms with E-state index in [2.05, 4.69) is 29.2 Å². The van der Waals surface area contributed by atoms with Crippen LogP contribution in [0.1, 0.15) is 5.56 Å². The average Bonchev–Trinajstić information content (AvgIpc) is 3.11. The van der Waals surface area contributed by atoms with Crippen LogP contribution in [0.3, 0.4) is 0 Å². The minimum absolute atomic E-state index is 0.0478. The number of aromatic nitrogens is 1. The third kappa shape index (κ3) is 3.13. The molecular weight excluding hydrogens is 344 g/mol. The SMILES string of the molecule is COc1ccc([N+](=O)[O-])cc1-c1nc2cc(-c3ccc(C)cc3)ccc2o1. The number of hydrogen-bond acceptors (Lipinski definition) is 5. The Labute approximate surface area is 155 Å². The van der Waals surface area contributed by atoms with Gasteiger partial charge in [-0.1, -0.05) is 35.9 Å². The van der Waals surface area contributed by atoms with Crippen LogP contribution in [0.5, 0.6) is 5.75 Å². The van der Waals surface area contributed by atoms with Gasteiger partial charge >= 0.3 is 0 Å². The maximum absolute atomic E-state index is 11.1. The van der Waals surface area contributed by atoms with Crippen molar-refractivity contribution in [3.8, 4) is 28.3 Å². The quantitative estimate of drug-likeness (QED) is 0.360. The minimum Gasteiger partial charge on any atom is -0.496 e. The predicted molar refractivity (Wildman–Crippen MR) is 103 cm³/mol. The molecule has 0 aliphatic rings. The lowest BCUT2D eigenvalue weighted by molar-refractivity contribution is -0.384. The fraction of sp³-hybridized carbons (Fsp3) is 0.0952. The van der Waals surface area contributed by atoms with Gasteiger partial charge in [-0.05, 0) is 36.2 Å². The molecule has 4 aromatic rings. The smallest absolute Gasteiger partial charge is 0.270 e. The van der Waals surface area contributed by atoms with E-state index in [1.807, 2.05) is 25.1 Å². The van der Waals surface area contributed by atoms with Crippen molar-refractivity contribution in [1.82, 2.24) is 4.98 Å². The fourth-order valence-electron chi connectivity index (χ4n) is 2.94. The van der Waals surface area contributed by atoms with Crippen molar-refractivity contribution < 1.29 is 14.1 Å². The van der Waals surface area contributed by atoms with E-state index in [4.69, 9.17) is 9.15 Å². The van der Waals surface area contributed by atoms with Crippen LogP contribution in [0.4, 0.5) is 5.69 Å². The van der Waals surface area contributed by atoms with Crippen LogP contribution in [0.15, 0.2) is 65.1 Å². The molecule has 134 valence electrons. The van der Waals surface area contributed by atoms with Gasteiger partial charge in [0.1, 0.15) is 11.3 Å². The van der Waals surface area contributed by atoms with Gasteiger partial charge in [-0.15, -0.1) is 0 Å². The Morgan fingerprint density at radius 1 is 1.00 bits per heavy atom. The van der Waals surface area contributed by atoms with Crippen molar-refractivity contribution in [3.63, 3.8) is 0 Å². The minimum atomic E-state index is -0.457. The first-order valence-electron chi connectivity index (χ1n) is 8.35. The van der Waals surface area contributed by atoms with Crippen molar-refractivity contribution in [1.29, 1.82) is 0 Å². The number of fused-ring (bicyclic) bond motifs is 1. The molecule has 0 spiro atoms. The van der Waals surface area contributed by atoms with E-state index in [0.717, 1.165) is 11.1 Å². The molecule has 0 aliphatic heterocycles. The number of ether oxygens (including phenoxy) is 1. The van der Waals surface area contributed by atoms with E-state index >= 15 is 0 Å². The van der Waals surface area contributed by atoms with Gasteiger partial charge in [-0.3, -0.25) is 10.1 Å². The summed E-state index contributed by atoms with van der Waals surface area (Å²) in [5, 5.41) is 11.1. The van der Waals surface area contributed by atoms with Crippen LogP contribution in [0.25, 0.3) is 33.7 Å². The van der Waals surface area contributed by atoms with E-state index in [0.29, 0.717) is 22.4 Å². The van der Waals surface area contributed by atoms with E-state index in [-0.39, 0.29) is 11.6 Å². The van der Waals surface area contributed by atoms with Gasteiger partial charge in [0.25, 0.3) is 5.69 Å². The number of benzene rings is 3. The normalized spacial score (nSPS) is 10.9. The zero-order valence-electron chi connectivity index (χ0n) is 14.8. The number of non-ortho nitro benzene ring substituents is 1. The number of hydrogen-bond donors (Lipinski definition) is 0. The van der Waals surface area contributed by atoms with E-state index in [1.165, 1.54) is 24.8 Å². The summed E-state index contributed by atoms with van der Waals surface area (Å²) in [5.74, 6) is 0.748. The molecule has 0 bridgehead atoms. The predicted octanol–water partition coefficient (Wildman–Crippen LogP) is 5.39. The van der Waals surface area contributed by atoms with Gasteiger partial charge in [0.15, 0.2) is 5.58 Å². The third-order valence-corrected chi connectivity index (χ3v) is 4.40. The third-order valence-electron chi connectivity index (χ3n) is 4.40. The van der Waals surface area contributed by atoms with Crippen LogP contribution in [-0.2, 0) is 0 Å². The van der Waals surface area contributed by atoms with Gasteiger partial charge in [0, 0.05) is 12.1 Å². The first-order chi connectivity index (χ1) is 13.0. The number of nitro benzene ring substituents is 1. The zero-order valence-corrected chi connectivity index (χ0v) is 14.8. The molecule has 0 saturated heterocycles. The summed E-state index contributed by atoms with van der Waals surface area (Å²) in [6, 6.07) is 18.3. The van der Waals surface area contributed by atoms with Gasteiger partial charge in [0.2, 0.25) is 5.89 Å². The molecular formula is C21H16N2O4. The average molecular weight is 360 g/mol. The monoisotopic (exact) mass is 360 g/mol. The van der Waals surface area contributed by atoms with Gasteiger partial charge in [-0.25, -0.2) is 4.98 Å². The standard InChI is InChI=1S/C21H16N2O4/c1-13-3-5-14(6-4-13)15-7-9-20-18(11-15)22-21(27-20)17-12-16(23(24)25)8-10-19(17)26-2/h3-12H,1-2H3. The number of nitro groups is 1. The Morgan fingerprint density at radius 3 is 2.44 bits per heavy atom. The van der Waals surface area contributed by atoms with Crippen LogP contribution >= 0.6 is 0 Å². The molecule has 0 fully saturated rings. The van der Waals surface area contributed by atoms with Crippen LogP contribution < -0.4 is 4.74 Å². The molecule has 0 radical (unpaired) electrons. The van der Waals surface area contributed by atoms with Gasteiger partial charge in [0.05, 0.1) is 17.6 Å². The molecule has 0 amide bonds. The summed E-state index contributed by atoms with van der Waals surface area (Å²) in [5.41, 5.74) is 4.98. The van der Waals surface area contributed by atoms with E-state index < -0.39 is 4.92 Å². The Balaban J connectivity index is 1.81. The summed E-state index contributed by atoms with van der Waals surface area (Å²) in [6.45, 7) is 2.04. The second kappa shape index (κ2) is 6.57. The van der Waals surface area contributed by atoms with Crippen molar-refractivity contribution in [3.05, 3.63) is 76.3 Å². The molecule has 0 unspecified atom stereocenters. The first kappa shape index (κ1) is 16.8. The molecule has 0 atom stereocenters. The van der Waals surface area contributed by atoms with Crippen molar-refractivity contribution >= 4 is 16.8 Å². The summed E-state index contributed by atoms with van der Waals surface area (Å²) in [6.07, 6.45) is 0. The van der Waals surface area contributed by atoms with Gasteiger partial charge in [-0.2, -0.15) is 0 Å². The number of oxazole rings is 1. The summed E-state index contributed by atoms with van der Waals surface area (Å²) in [4.78, 5) is 15.2. The number of methoxy groups -OCH3 is 1. The number of aryl methyl sites for hydroxylation is 1. The van der Waals surface area contributed by atoms with Crippen molar-refractivity contribution in [2.24, 2.45) is 0 Å². The molecule has 0 N–H and O–H groups in total. The number of nitrogens with zero attached hydrogens (tertiary/aromatic N) is 2. The lowest BCUT2D eigenvalue weighted by atomic mass is 10.0. The Hall–Kier alpha value is -3.67. The summed E-state index contributed by atoms with van der Waals surface area (Å²) in [7, 11) is 1.50. The maximum atomic E-state index is 11.1. The van der Waals surface area contributed by atoms with E-state index in [9.17, 15) is 10.1 Å². The lowest BCUT2D eigenvalue weighted by Gasteiger charge is -2.04. The zero-order chi connectivity index (χ0) is 19.0. The molecule has 3 aromatic carbocycles. The number of rotatable bonds is 4. The molecule has 1 aromatic heterocycles. The van der Waals surface area contributed by atoms with E-state index in [1.54, 1.807) is 6.07 Å². The van der Waals surface area contributed by atoms with Crippen LogP contribution in [-0.4, -0.2) is 17.0 Å². The summed E-state index contributed by atoms with van der Waals surface area (Å²) >= 11 is 0. The lowest BCUT2D eigenvalue weighted by Crippen LogP contribution is -1.92. The molecule has 0 aliphatic carbocycles. The Morgan fingerprint density at radius 2 is 1.74 bits per heavy atom. The molecule has 0 saturated carbocycles.